The summed E-state index contributed by atoms with van der Waals surface area (Å²) in [4.78, 5) is 33.6. The number of halogens is 1. The largest absolute Gasteiger partial charge is 0.334 e. The van der Waals surface area contributed by atoms with Gasteiger partial charge in [0, 0.05) is 49.5 Å². The van der Waals surface area contributed by atoms with E-state index in [0.717, 1.165) is 41.9 Å². The number of aromatic nitrogens is 5. The van der Waals surface area contributed by atoms with Crippen LogP contribution >= 0.6 is 0 Å². The van der Waals surface area contributed by atoms with Crippen molar-refractivity contribution in [2.75, 3.05) is 6.54 Å². The van der Waals surface area contributed by atoms with Crippen LogP contribution in [0.2, 0.25) is 0 Å². The maximum absolute atomic E-state index is 13.8. The third-order valence-corrected chi connectivity index (χ3v) is 6.13. The lowest BCUT2D eigenvalue weighted by molar-refractivity contribution is 0.0607. The molecule has 5 rings (SSSR count). The van der Waals surface area contributed by atoms with Gasteiger partial charge in [-0.3, -0.25) is 4.79 Å². The molecule has 1 fully saturated rings. The molecule has 8 heteroatoms. The average molecular weight is 445 g/mol. The summed E-state index contributed by atoms with van der Waals surface area (Å²) in [5.74, 6) is 0.0798. The Morgan fingerprint density at radius 3 is 2.76 bits per heavy atom. The van der Waals surface area contributed by atoms with Gasteiger partial charge in [-0.05, 0) is 62.9 Å². The van der Waals surface area contributed by atoms with E-state index in [1.165, 1.54) is 12.3 Å². The van der Waals surface area contributed by atoms with E-state index in [-0.39, 0.29) is 17.8 Å². The van der Waals surface area contributed by atoms with Gasteiger partial charge >= 0.3 is 0 Å². The van der Waals surface area contributed by atoms with E-state index in [0.29, 0.717) is 30.0 Å². The molecule has 1 amide bonds. The SMILES string of the molecule is Cc1ccc(-c2ncccn2)c(C(=O)N2CCCC[C@H]2Cc2cn3cc(F)cc(C)c3n2)n1. The highest BCUT2D eigenvalue weighted by atomic mass is 19.1. The number of likely N-dealkylation sites (tertiary alicyclic amines) is 1. The Hall–Kier alpha value is -3.68. The van der Waals surface area contributed by atoms with Gasteiger partial charge in [0.25, 0.3) is 5.91 Å². The summed E-state index contributed by atoms with van der Waals surface area (Å²) in [6.07, 6.45) is 10.1. The van der Waals surface area contributed by atoms with Crippen molar-refractivity contribution >= 4 is 11.6 Å². The summed E-state index contributed by atoms with van der Waals surface area (Å²) >= 11 is 0. The Labute approximate surface area is 191 Å². The van der Waals surface area contributed by atoms with E-state index >= 15 is 0 Å². The minimum absolute atomic E-state index is 0.00632. The van der Waals surface area contributed by atoms with Crippen molar-refractivity contribution < 1.29 is 9.18 Å². The number of pyridine rings is 2. The predicted molar refractivity (Wildman–Crippen MR) is 122 cm³/mol. The van der Waals surface area contributed by atoms with Gasteiger partial charge in [-0.1, -0.05) is 0 Å². The molecule has 1 aliphatic heterocycles. The molecule has 0 radical (unpaired) electrons. The van der Waals surface area contributed by atoms with E-state index in [1.54, 1.807) is 22.9 Å². The van der Waals surface area contributed by atoms with Crippen LogP contribution in [0.25, 0.3) is 17.0 Å². The Morgan fingerprint density at radius 2 is 1.94 bits per heavy atom. The predicted octanol–water partition coefficient (Wildman–Crippen LogP) is 4.18. The average Bonchev–Trinajstić information content (AvgIpc) is 3.22. The topological polar surface area (TPSA) is 76.3 Å². The molecule has 0 aliphatic carbocycles. The zero-order chi connectivity index (χ0) is 22.9. The molecular formula is C25H25FN6O. The Balaban J connectivity index is 1.47. The highest BCUT2D eigenvalue weighted by Gasteiger charge is 2.31. The van der Waals surface area contributed by atoms with Gasteiger partial charge in [0.05, 0.1) is 11.3 Å². The number of piperidine rings is 1. The van der Waals surface area contributed by atoms with Crippen LogP contribution in [0.3, 0.4) is 0 Å². The Kier molecular flexibility index (Phi) is 5.58. The first-order valence-corrected chi connectivity index (χ1v) is 11.2. The number of hydrogen-bond donors (Lipinski definition) is 0. The molecule has 0 N–H and O–H groups in total. The number of amides is 1. The van der Waals surface area contributed by atoms with Crippen molar-refractivity contribution in [3.63, 3.8) is 0 Å². The van der Waals surface area contributed by atoms with Gasteiger partial charge in [-0.15, -0.1) is 0 Å². The van der Waals surface area contributed by atoms with Crippen LogP contribution in [0.4, 0.5) is 4.39 Å². The highest BCUT2D eigenvalue weighted by molar-refractivity contribution is 5.98. The molecule has 5 heterocycles. The molecule has 1 aliphatic rings. The van der Waals surface area contributed by atoms with Crippen LogP contribution in [-0.2, 0) is 6.42 Å². The van der Waals surface area contributed by atoms with Crippen LogP contribution in [0, 0.1) is 19.7 Å². The Bertz CT molecular complexity index is 1320. The van der Waals surface area contributed by atoms with Crippen LogP contribution in [0.1, 0.15) is 46.7 Å². The van der Waals surface area contributed by atoms with Crippen molar-refractivity contribution in [1.82, 2.24) is 29.2 Å². The van der Waals surface area contributed by atoms with Crippen molar-refractivity contribution in [2.24, 2.45) is 0 Å². The van der Waals surface area contributed by atoms with E-state index in [4.69, 9.17) is 4.98 Å². The summed E-state index contributed by atoms with van der Waals surface area (Å²) in [6, 6.07) is 6.96. The molecule has 0 spiro atoms. The van der Waals surface area contributed by atoms with Gasteiger partial charge in [0.1, 0.15) is 17.2 Å². The van der Waals surface area contributed by atoms with Crippen molar-refractivity contribution in [3.8, 4) is 11.4 Å². The zero-order valence-corrected chi connectivity index (χ0v) is 18.7. The lowest BCUT2D eigenvalue weighted by Crippen LogP contribution is -2.45. The summed E-state index contributed by atoms with van der Waals surface area (Å²) in [5, 5.41) is 0. The third kappa shape index (κ3) is 4.20. The van der Waals surface area contributed by atoms with Crippen LogP contribution in [-0.4, -0.2) is 47.7 Å². The van der Waals surface area contributed by atoms with Gasteiger partial charge < -0.3 is 9.30 Å². The molecule has 33 heavy (non-hydrogen) atoms. The van der Waals surface area contributed by atoms with Crippen LogP contribution in [0.15, 0.2) is 49.1 Å². The van der Waals surface area contributed by atoms with E-state index < -0.39 is 0 Å². The molecule has 1 atom stereocenters. The first-order valence-electron chi connectivity index (χ1n) is 11.2. The highest BCUT2D eigenvalue weighted by Crippen LogP contribution is 2.26. The molecule has 168 valence electrons. The summed E-state index contributed by atoms with van der Waals surface area (Å²) in [7, 11) is 0. The maximum atomic E-state index is 13.8. The molecular weight excluding hydrogens is 419 g/mol. The molecule has 0 aromatic carbocycles. The van der Waals surface area contributed by atoms with E-state index in [1.807, 2.05) is 37.1 Å². The molecule has 0 bridgehead atoms. The van der Waals surface area contributed by atoms with E-state index in [2.05, 4.69) is 15.0 Å². The number of rotatable bonds is 4. The smallest absolute Gasteiger partial charge is 0.273 e. The second-order valence-electron chi connectivity index (χ2n) is 8.58. The van der Waals surface area contributed by atoms with Crippen molar-refractivity contribution in [3.05, 3.63) is 77.5 Å². The lowest BCUT2D eigenvalue weighted by Gasteiger charge is -2.35. The maximum Gasteiger partial charge on any atom is 0.273 e. The fourth-order valence-electron chi connectivity index (χ4n) is 4.57. The number of fused-ring (bicyclic) bond motifs is 1. The van der Waals surface area contributed by atoms with Crippen LogP contribution < -0.4 is 0 Å². The number of carbonyl (C=O) groups is 1. The fraction of sp³-hybridized carbons (Fsp3) is 0.320. The third-order valence-electron chi connectivity index (χ3n) is 6.13. The van der Waals surface area contributed by atoms with Crippen molar-refractivity contribution in [1.29, 1.82) is 0 Å². The lowest BCUT2D eigenvalue weighted by atomic mass is 9.97. The second-order valence-corrected chi connectivity index (χ2v) is 8.58. The minimum atomic E-state index is -0.292. The zero-order valence-electron chi connectivity index (χ0n) is 18.7. The standard InChI is InChI=1S/C25H25FN6O/c1-16-12-18(26)14-31-15-19(30-24(16)31)13-20-6-3-4-11-32(20)25(33)22-21(8-7-17(2)29-22)23-27-9-5-10-28-23/h5,7-10,12,14-15,20H,3-4,6,11,13H2,1-2H3/t20-/m0/s1. The molecule has 0 saturated carbocycles. The molecule has 1 saturated heterocycles. The monoisotopic (exact) mass is 444 g/mol. The normalized spacial score (nSPS) is 16.3. The number of carbonyl (C=O) groups excluding carboxylic acids is 1. The number of imidazole rings is 1. The van der Waals surface area contributed by atoms with Gasteiger partial charge in [0.2, 0.25) is 0 Å². The number of hydrogen-bond acceptors (Lipinski definition) is 5. The van der Waals surface area contributed by atoms with Crippen LogP contribution in [0.5, 0.6) is 0 Å². The van der Waals surface area contributed by atoms with Gasteiger partial charge in [-0.2, -0.15) is 0 Å². The summed E-state index contributed by atoms with van der Waals surface area (Å²) in [6.45, 7) is 4.38. The number of aryl methyl sites for hydroxylation is 2. The quantitative estimate of drug-likeness (QED) is 0.472. The first-order chi connectivity index (χ1) is 16.0. The molecule has 4 aromatic heterocycles. The fourth-order valence-corrected chi connectivity index (χ4v) is 4.57. The van der Waals surface area contributed by atoms with Gasteiger partial charge in [-0.25, -0.2) is 24.3 Å². The molecule has 0 unspecified atom stereocenters. The summed E-state index contributed by atoms with van der Waals surface area (Å²) in [5.41, 5.74) is 4.15. The molecule has 7 nitrogen and oxygen atoms in total. The first kappa shape index (κ1) is 21.2. The Morgan fingerprint density at radius 1 is 1.12 bits per heavy atom. The second kappa shape index (κ2) is 8.69. The number of nitrogens with zero attached hydrogens (tertiary/aromatic N) is 6. The van der Waals surface area contributed by atoms with E-state index in [9.17, 15) is 9.18 Å². The van der Waals surface area contributed by atoms with Crippen molar-refractivity contribution in [2.45, 2.75) is 45.6 Å². The van der Waals surface area contributed by atoms with Gasteiger partial charge in [0.15, 0.2) is 5.82 Å². The summed E-state index contributed by atoms with van der Waals surface area (Å²) < 4.78 is 15.5. The molecule has 4 aromatic rings. The minimum Gasteiger partial charge on any atom is -0.334 e.